The van der Waals surface area contributed by atoms with Gasteiger partial charge >= 0.3 is 29.6 Å². The van der Waals surface area contributed by atoms with Gasteiger partial charge in [0.1, 0.15) is 27.2 Å². The number of β-lactam (4-membered cyclic amide) rings is 1. The molecule has 7 nitrogen and oxygen atoms in total. The summed E-state index contributed by atoms with van der Waals surface area (Å²) < 4.78 is 47.2. The minimum atomic E-state index is -4.80. The van der Waals surface area contributed by atoms with E-state index in [1.165, 1.54) is 36.4 Å². The summed E-state index contributed by atoms with van der Waals surface area (Å²) in [6, 6.07) is 26.1. The molecule has 4 aromatic rings. The number of aliphatic hydroxyl groups excluding tert-OH is 1. The second kappa shape index (κ2) is 11.8. The molecule has 1 aliphatic heterocycles. The molecule has 1 amide bonds. The largest absolute Gasteiger partial charge is 1.00 e. The van der Waals surface area contributed by atoms with Crippen molar-refractivity contribution in [2.75, 3.05) is 0 Å². The smallest absolute Gasteiger partial charge is 0.744 e. The number of benzene rings is 4. The number of carbonyl (C=O) groups excluding carboxylic acids is 1. The van der Waals surface area contributed by atoms with E-state index in [1.807, 2.05) is 42.5 Å². The number of aliphatic hydroxyl groups is 1. The van der Waals surface area contributed by atoms with Gasteiger partial charge in [0, 0.05) is 0 Å². The fourth-order valence-electron chi connectivity index (χ4n) is 5.26. The Morgan fingerprint density at radius 3 is 2.08 bits per heavy atom. The second-order valence-electron chi connectivity index (χ2n) is 9.57. The molecule has 5 rings (SSSR count). The summed E-state index contributed by atoms with van der Waals surface area (Å²) in [6.45, 7) is 0. The SMILES string of the molecule is O=C1N[C@@](c2ccccc2)(c2ccc(-c3ccc(S(=O)(=O)[O-])c(O)c3)cc2)[C@H]1CC[C@H](O)c1ccc(F)cc1.[Na+]. The molecule has 0 saturated carbocycles. The van der Waals surface area contributed by atoms with Gasteiger partial charge in [-0.1, -0.05) is 72.8 Å². The fraction of sp³-hybridized carbons (Fsp3) is 0.167. The van der Waals surface area contributed by atoms with Gasteiger partial charge in [0.05, 0.1) is 16.9 Å². The van der Waals surface area contributed by atoms with Crippen molar-refractivity contribution in [1.82, 2.24) is 5.32 Å². The molecule has 0 bridgehead atoms. The van der Waals surface area contributed by atoms with Crippen molar-refractivity contribution in [2.24, 2.45) is 5.92 Å². The maximum absolute atomic E-state index is 13.3. The van der Waals surface area contributed by atoms with Crippen LogP contribution in [0.1, 0.15) is 35.6 Å². The molecule has 1 aliphatic rings. The topological polar surface area (TPSA) is 127 Å². The number of amides is 1. The summed E-state index contributed by atoms with van der Waals surface area (Å²) in [5, 5.41) is 23.9. The average Bonchev–Trinajstić information content (AvgIpc) is 2.91. The Morgan fingerprint density at radius 2 is 1.50 bits per heavy atom. The van der Waals surface area contributed by atoms with E-state index in [-0.39, 0.29) is 35.5 Å². The van der Waals surface area contributed by atoms with Crippen molar-refractivity contribution in [2.45, 2.75) is 29.4 Å². The second-order valence-corrected chi connectivity index (χ2v) is 10.9. The molecule has 0 aromatic heterocycles. The third kappa shape index (κ3) is 5.72. The van der Waals surface area contributed by atoms with Gasteiger partial charge in [-0.25, -0.2) is 12.8 Å². The quantitative estimate of drug-likeness (QED) is 0.168. The summed E-state index contributed by atoms with van der Waals surface area (Å²) in [5.41, 5.74) is 2.59. The molecule has 3 atom stereocenters. The van der Waals surface area contributed by atoms with Crippen molar-refractivity contribution in [1.29, 1.82) is 0 Å². The number of carbonyl (C=O) groups is 1. The third-order valence-electron chi connectivity index (χ3n) is 7.27. The minimum absolute atomic E-state index is 0. The Labute approximate surface area is 253 Å². The van der Waals surface area contributed by atoms with E-state index >= 15 is 0 Å². The van der Waals surface area contributed by atoms with Gasteiger partial charge in [-0.2, -0.15) is 0 Å². The maximum atomic E-state index is 13.3. The number of rotatable bonds is 8. The first kappa shape index (κ1) is 29.9. The van der Waals surface area contributed by atoms with Gasteiger partial charge < -0.3 is 20.1 Å². The van der Waals surface area contributed by atoms with Crippen LogP contribution in [0, 0.1) is 11.7 Å². The maximum Gasteiger partial charge on any atom is 1.00 e. The fourth-order valence-corrected chi connectivity index (χ4v) is 5.81. The van der Waals surface area contributed by atoms with Crippen molar-refractivity contribution in [3.8, 4) is 16.9 Å². The summed E-state index contributed by atoms with van der Waals surface area (Å²) >= 11 is 0. The van der Waals surface area contributed by atoms with Crippen LogP contribution in [0.4, 0.5) is 4.39 Å². The van der Waals surface area contributed by atoms with Crippen LogP contribution in [0.3, 0.4) is 0 Å². The molecule has 40 heavy (non-hydrogen) atoms. The van der Waals surface area contributed by atoms with E-state index in [0.29, 0.717) is 29.5 Å². The normalized spacial score (nSPS) is 19.2. The van der Waals surface area contributed by atoms with Gasteiger partial charge in [-0.3, -0.25) is 4.79 Å². The first-order valence-corrected chi connectivity index (χ1v) is 13.7. The Kier molecular flexibility index (Phi) is 8.84. The Hall–Kier alpha value is -3.05. The molecule has 200 valence electrons. The van der Waals surface area contributed by atoms with Gasteiger partial charge in [-0.05, 0) is 64.9 Å². The molecule has 10 heteroatoms. The molecule has 1 heterocycles. The van der Waals surface area contributed by atoms with E-state index in [2.05, 4.69) is 5.32 Å². The minimum Gasteiger partial charge on any atom is -0.744 e. The van der Waals surface area contributed by atoms with Crippen LogP contribution in [0.25, 0.3) is 11.1 Å². The van der Waals surface area contributed by atoms with Crippen LogP contribution >= 0.6 is 0 Å². The molecule has 4 aromatic carbocycles. The zero-order valence-electron chi connectivity index (χ0n) is 21.6. The van der Waals surface area contributed by atoms with Crippen LogP contribution in [0.2, 0.25) is 0 Å². The van der Waals surface area contributed by atoms with Crippen molar-refractivity contribution in [3.63, 3.8) is 0 Å². The van der Waals surface area contributed by atoms with E-state index in [9.17, 15) is 32.4 Å². The molecule has 3 N–H and O–H groups in total. The van der Waals surface area contributed by atoms with E-state index in [0.717, 1.165) is 17.2 Å². The summed E-state index contributed by atoms with van der Waals surface area (Å²) in [6.07, 6.45) is -0.187. The van der Waals surface area contributed by atoms with E-state index < -0.39 is 44.1 Å². The molecular weight excluding hydrogens is 544 g/mol. The Morgan fingerprint density at radius 1 is 0.900 bits per heavy atom. The predicted molar refractivity (Wildman–Crippen MR) is 141 cm³/mol. The van der Waals surface area contributed by atoms with Gasteiger partial charge in [0.25, 0.3) is 0 Å². The van der Waals surface area contributed by atoms with Crippen LogP contribution < -0.4 is 34.9 Å². The molecule has 1 fully saturated rings. The van der Waals surface area contributed by atoms with Gasteiger partial charge in [0.2, 0.25) is 5.91 Å². The molecule has 0 spiro atoms. The number of hydrogen-bond acceptors (Lipinski definition) is 6. The van der Waals surface area contributed by atoms with Crippen LogP contribution in [-0.4, -0.2) is 29.1 Å². The van der Waals surface area contributed by atoms with E-state index in [4.69, 9.17) is 0 Å². The Balaban J connectivity index is 0.00000370. The van der Waals surface area contributed by atoms with Crippen molar-refractivity contribution < 1.29 is 61.9 Å². The number of nitrogens with one attached hydrogen (secondary N) is 1. The predicted octanol–water partition coefficient (Wildman–Crippen LogP) is 1.61. The standard InChI is InChI=1S/C30H26FNO6S.Na/c31-24-13-8-20(9-14-24)26(33)16-15-25-29(35)32-30(25,22-4-2-1-3-5-22)23-11-6-19(7-12-23)21-10-17-28(27(34)18-21)39(36,37)38;/h1-14,17-18,25-26,33-34H,15-16H2,(H,32,35)(H,36,37,38);/q;+1/p-1/t25-,26-,30-;/m0./s1. The zero-order valence-corrected chi connectivity index (χ0v) is 24.4. The Bertz CT molecular complexity index is 1610. The molecule has 0 radical (unpaired) electrons. The van der Waals surface area contributed by atoms with Crippen LogP contribution in [0.5, 0.6) is 5.75 Å². The molecule has 0 aliphatic carbocycles. The number of halogens is 1. The van der Waals surface area contributed by atoms with Crippen molar-refractivity contribution in [3.05, 3.63) is 120 Å². The average molecular weight is 570 g/mol. The summed E-state index contributed by atoms with van der Waals surface area (Å²) in [4.78, 5) is 12.2. The van der Waals surface area contributed by atoms with Crippen LogP contribution in [-0.2, 0) is 20.5 Å². The summed E-state index contributed by atoms with van der Waals surface area (Å²) in [5.74, 6) is -1.64. The number of hydrogen-bond donors (Lipinski definition) is 3. The molecule has 0 unspecified atom stereocenters. The van der Waals surface area contributed by atoms with Crippen molar-refractivity contribution >= 4 is 16.0 Å². The third-order valence-corrected chi connectivity index (χ3v) is 8.16. The van der Waals surface area contributed by atoms with Gasteiger partial charge in [0.15, 0.2) is 0 Å². The van der Waals surface area contributed by atoms with E-state index in [1.54, 1.807) is 12.1 Å². The monoisotopic (exact) mass is 569 g/mol. The van der Waals surface area contributed by atoms with Gasteiger partial charge in [-0.15, -0.1) is 0 Å². The van der Waals surface area contributed by atoms with Crippen LogP contribution in [0.15, 0.2) is 102 Å². The first-order valence-electron chi connectivity index (χ1n) is 12.3. The number of phenolic OH excluding ortho intramolecular Hbond substituents is 1. The zero-order chi connectivity index (χ0) is 27.8. The summed E-state index contributed by atoms with van der Waals surface area (Å²) in [7, 11) is -4.80. The molecule has 1 saturated heterocycles. The molecular formula is C30H25FNNaO6S. The first-order chi connectivity index (χ1) is 18.6. The number of aromatic hydroxyl groups is 1. The number of phenols is 1.